The van der Waals surface area contributed by atoms with Gasteiger partial charge >= 0.3 is 6.09 Å². The number of alkyl halides is 1. The largest absolute Gasteiger partial charge is 0.463 e. The van der Waals surface area contributed by atoms with Gasteiger partial charge in [-0.2, -0.15) is 0 Å². The van der Waals surface area contributed by atoms with Crippen molar-refractivity contribution >= 4 is 49.3 Å². The van der Waals surface area contributed by atoms with Crippen molar-refractivity contribution < 1.29 is 9.90 Å². The van der Waals surface area contributed by atoms with Gasteiger partial charge in [-0.3, -0.25) is 0 Å². The molecular formula is C6H6Br2N2O2S. The van der Waals surface area contributed by atoms with Gasteiger partial charge in [-0.15, -0.1) is 4.99 Å². The predicted octanol–water partition coefficient (Wildman–Crippen LogP) is 2.55. The molecule has 7 heteroatoms. The molecule has 0 atom stereocenters. The molecule has 13 heavy (non-hydrogen) atoms. The Morgan fingerprint density at radius 1 is 1.77 bits per heavy atom. The van der Waals surface area contributed by atoms with E-state index in [4.69, 9.17) is 5.11 Å². The van der Waals surface area contributed by atoms with Crippen LogP contribution in [-0.2, 0) is 5.45 Å². The van der Waals surface area contributed by atoms with Crippen molar-refractivity contribution in [2.24, 2.45) is 4.99 Å². The molecule has 1 heterocycles. The predicted molar refractivity (Wildman–Crippen MR) is 57.3 cm³/mol. The second kappa shape index (κ2) is 4.39. The summed E-state index contributed by atoms with van der Waals surface area (Å²) in [5.41, 5.74) is 1.49. The van der Waals surface area contributed by atoms with Crippen molar-refractivity contribution in [3.8, 4) is 0 Å². The molecule has 0 unspecified atom stereocenters. The van der Waals surface area contributed by atoms with Gasteiger partial charge in [0.05, 0.1) is 9.24 Å². The van der Waals surface area contributed by atoms with E-state index in [1.165, 1.54) is 11.3 Å². The summed E-state index contributed by atoms with van der Waals surface area (Å²) in [4.78, 5) is 14.3. The number of hydrogen-bond donors (Lipinski definition) is 1. The molecule has 72 valence electrons. The van der Waals surface area contributed by atoms with Crippen LogP contribution in [0.4, 0.5) is 4.79 Å². The van der Waals surface area contributed by atoms with Crippen LogP contribution in [0, 0.1) is 6.92 Å². The normalized spacial score (nSPS) is 12.1. The molecule has 0 saturated carbocycles. The third-order valence-corrected chi connectivity index (χ3v) is 3.94. The summed E-state index contributed by atoms with van der Waals surface area (Å²) in [6.45, 7) is 1.89. The maximum absolute atomic E-state index is 10.4. The molecule has 0 saturated heterocycles. The fourth-order valence-corrected chi connectivity index (χ4v) is 3.05. The van der Waals surface area contributed by atoms with E-state index < -0.39 is 6.09 Å². The van der Waals surface area contributed by atoms with Crippen LogP contribution in [0.3, 0.4) is 0 Å². The van der Waals surface area contributed by atoms with Crippen molar-refractivity contribution in [3.05, 3.63) is 14.3 Å². The van der Waals surface area contributed by atoms with E-state index in [9.17, 15) is 4.79 Å². The Morgan fingerprint density at radius 3 is 2.85 bits per heavy atom. The molecule has 0 aliphatic rings. The van der Waals surface area contributed by atoms with E-state index in [0.29, 0.717) is 10.3 Å². The number of aromatic nitrogens is 1. The number of thiazole rings is 1. The lowest BCUT2D eigenvalue weighted by Crippen LogP contribution is -2.15. The fourth-order valence-electron chi connectivity index (χ4n) is 0.764. The van der Waals surface area contributed by atoms with Crippen LogP contribution < -0.4 is 4.80 Å². The highest BCUT2D eigenvalue weighted by molar-refractivity contribution is 9.11. The highest BCUT2D eigenvalue weighted by atomic mass is 79.9. The van der Waals surface area contributed by atoms with Crippen LogP contribution >= 0.6 is 43.2 Å². The molecule has 1 amide bonds. The van der Waals surface area contributed by atoms with Gasteiger partial charge in [0.15, 0.2) is 4.80 Å². The first kappa shape index (κ1) is 10.9. The second-order valence-corrected chi connectivity index (χ2v) is 4.98. The quantitative estimate of drug-likeness (QED) is 0.805. The first-order valence-electron chi connectivity index (χ1n) is 3.25. The van der Waals surface area contributed by atoms with Gasteiger partial charge in [0.25, 0.3) is 0 Å². The first-order chi connectivity index (χ1) is 6.06. The molecule has 1 aromatic rings. The van der Waals surface area contributed by atoms with Gasteiger partial charge < -0.3 is 9.67 Å². The summed E-state index contributed by atoms with van der Waals surface area (Å²) < 4.78 is 2.66. The highest BCUT2D eigenvalue weighted by Gasteiger charge is 2.06. The zero-order chi connectivity index (χ0) is 10.0. The Morgan fingerprint density at radius 2 is 2.38 bits per heavy atom. The van der Waals surface area contributed by atoms with Crippen LogP contribution in [0.1, 0.15) is 5.69 Å². The van der Waals surface area contributed by atoms with Crippen LogP contribution in [0.25, 0.3) is 0 Å². The van der Waals surface area contributed by atoms with Crippen LogP contribution in [-0.4, -0.2) is 15.8 Å². The van der Waals surface area contributed by atoms with Crippen molar-refractivity contribution in [1.29, 1.82) is 0 Å². The summed E-state index contributed by atoms with van der Waals surface area (Å²) in [7, 11) is 0. The molecule has 0 aliphatic heterocycles. The van der Waals surface area contributed by atoms with E-state index in [1.807, 2.05) is 6.92 Å². The van der Waals surface area contributed by atoms with E-state index in [2.05, 4.69) is 36.9 Å². The summed E-state index contributed by atoms with van der Waals surface area (Å²) in [6, 6.07) is 0. The van der Waals surface area contributed by atoms with Gasteiger partial charge in [0.1, 0.15) is 0 Å². The molecule has 0 fully saturated rings. The zero-order valence-electron chi connectivity index (χ0n) is 6.62. The molecule has 1 N–H and O–H groups in total. The average molecular weight is 330 g/mol. The maximum atomic E-state index is 10.4. The Balaban J connectivity index is 3.37. The molecule has 0 aliphatic carbocycles. The SMILES string of the molecule is Cc1c(Br)sc(=NC(=O)O)n1CBr. The van der Waals surface area contributed by atoms with Gasteiger partial charge in [-0.1, -0.05) is 27.3 Å². The summed E-state index contributed by atoms with van der Waals surface area (Å²) in [5, 5.41) is 8.48. The number of nitrogens with zero attached hydrogens (tertiary/aromatic N) is 2. The Bertz CT molecular complexity index is 396. The molecule has 0 spiro atoms. The molecular weight excluding hydrogens is 324 g/mol. The number of amides is 1. The Hall–Kier alpha value is -0.140. The third kappa shape index (κ3) is 2.41. The summed E-state index contributed by atoms with van der Waals surface area (Å²) in [6.07, 6.45) is -1.18. The lowest BCUT2D eigenvalue weighted by molar-refractivity contribution is 0.204. The molecule has 1 rings (SSSR count). The lowest BCUT2D eigenvalue weighted by atomic mass is 10.6. The topological polar surface area (TPSA) is 54.6 Å². The van der Waals surface area contributed by atoms with Gasteiger partial charge in [-0.25, -0.2) is 4.79 Å². The standard InChI is InChI=1S/C6H6Br2N2O2S/c1-3-4(8)13-5(9-6(11)12)10(3)2-7/h2H2,1H3,(H,11,12). The highest BCUT2D eigenvalue weighted by Crippen LogP contribution is 2.19. The van der Waals surface area contributed by atoms with Crippen LogP contribution in [0.2, 0.25) is 0 Å². The minimum Gasteiger partial charge on any atom is -0.463 e. The van der Waals surface area contributed by atoms with Crippen molar-refractivity contribution in [3.63, 3.8) is 0 Å². The Kier molecular flexibility index (Phi) is 3.69. The smallest absolute Gasteiger partial charge is 0.433 e. The molecule has 0 radical (unpaired) electrons. The minimum atomic E-state index is -1.18. The average Bonchev–Trinajstić information content (AvgIpc) is 2.27. The fraction of sp³-hybridized carbons (Fsp3) is 0.333. The zero-order valence-corrected chi connectivity index (χ0v) is 10.6. The van der Waals surface area contributed by atoms with E-state index >= 15 is 0 Å². The van der Waals surface area contributed by atoms with E-state index in [1.54, 1.807) is 4.57 Å². The third-order valence-electron chi connectivity index (χ3n) is 1.41. The molecule has 0 bridgehead atoms. The monoisotopic (exact) mass is 328 g/mol. The van der Waals surface area contributed by atoms with Crippen molar-refractivity contribution in [2.75, 3.05) is 0 Å². The van der Waals surface area contributed by atoms with Gasteiger partial charge in [0.2, 0.25) is 0 Å². The van der Waals surface area contributed by atoms with Crippen molar-refractivity contribution in [1.82, 2.24) is 4.57 Å². The van der Waals surface area contributed by atoms with Crippen LogP contribution in [0.15, 0.2) is 8.78 Å². The number of carboxylic acid groups (broad SMARTS) is 1. The molecule has 4 nitrogen and oxygen atoms in total. The summed E-state index contributed by atoms with van der Waals surface area (Å²) >= 11 is 7.88. The number of rotatable bonds is 1. The number of hydrogen-bond acceptors (Lipinski definition) is 2. The first-order valence-corrected chi connectivity index (χ1v) is 5.98. The summed E-state index contributed by atoms with van der Waals surface area (Å²) in [5.74, 6) is 0. The van der Waals surface area contributed by atoms with Gasteiger partial charge in [0, 0.05) is 5.69 Å². The molecule has 0 aromatic carbocycles. The van der Waals surface area contributed by atoms with Crippen molar-refractivity contribution in [2.45, 2.75) is 12.4 Å². The van der Waals surface area contributed by atoms with Gasteiger partial charge in [-0.05, 0) is 22.9 Å². The Labute approximate surface area is 95.2 Å². The second-order valence-electron chi connectivity index (χ2n) is 2.19. The molecule has 1 aromatic heterocycles. The maximum Gasteiger partial charge on any atom is 0.433 e. The van der Waals surface area contributed by atoms with Crippen LogP contribution in [0.5, 0.6) is 0 Å². The lowest BCUT2D eigenvalue weighted by Gasteiger charge is -1.97. The minimum absolute atomic E-state index is 0.466. The van der Waals surface area contributed by atoms with E-state index in [0.717, 1.165) is 9.48 Å². The van der Waals surface area contributed by atoms with E-state index in [-0.39, 0.29) is 0 Å². The number of halogens is 2. The number of carbonyl (C=O) groups is 1.